The normalized spacial score (nSPS) is 10.8. The Kier molecular flexibility index (Phi) is 3.47. The second-order valence-corrected chi connectivity index (χ2v) is 5.47. The molecule has 2 aromatic carbocycles. The summed E-state index contributed by atoms with van der Waals surface area (Å²) in [6, 6.07) is 9.81. The number of rotatable bonds is 2. The SMILES string of the molecule is Cc1cc(F)ccc1-c1noc(-c2ccc(N)c(Br)c2)n1. The van der Waals surface area contributed by atoms with E-state index in [1.165, 1.54) is 12.1 Å². The summed E-state index contributed by atoms with van der Waals surface area (Å²) in [7, 11) is 0. The highest BCUT2D eigenvalue weighted by molar-refractivity contribution is 9.10. The van der Waals surface area contributed by atoms with Crippen LogP contribution in [0.1, 0.15) is 5.56 Å². The first-order valence-electron chi connectivity index (χ1n) is 6.20. The van der Waals surface area contributed by atoms with Gasteiger partial charge in [0.2, 0.25) is 5.82 Å². The summed E-state index contributed by atoms with van der Waals surface area (Å²) in [6.07, 6.45) is 0. The van der Waals surface area contributed by atoms with Gasteiger partial charge in [-0.25, -0.2) is 4.39 Å². The predicted octanol–water partition coefficient (Wildman–Crippen LogP) is 4.20. The predicted molar refractivity (Wildman–Crippen MR) is 82.0 cm³/mol. The van der Waals surface area contributed by atoms with E-state index in [4.69, 9.17) is 10.3 Å². The molecule has 0 saturated heterocycles. The molecule has 3 aromatic rings. The van der Waals surface area contributed by atoms with Crippen molar-refractivity contribution in [3.63, 3.8) is 0 Å². The van der Waals surface area contributed by atoms with Crippen molar-refractivity contribution in [2.45, 2.75) is 6.92 Å². The largest absolute Gasteiger partial charge is 0.398 e. The van der Waals surface area contributed by atoms with E-state index in [2.05, 4.69) is 26.1 Å². The first kappa shape index (κ1) is 13.8. The van der Waals surface area contributed by atoms with Gasteiger partial charge < -0.3 is 10.3 Å². The lowest BCUT2D eigenvalue weighted by atomic mass is 10.1. The summed E-state index contributed by atoms with van der Waals surface area (Å²) >= 11 is 3.36. The molecule has 0 aliphatic carbocycles. The fourth-order valence-electron chi connectivity index (χ4n) is 1.99. The van der Waals surface area contributed by atoms with Gasteiger partial charge in [0.15, 0.2) is 0 Å². The lowest BCUT2D eigenvalue weighted by Crippen LogP contribution is -1.88. The smallest absolute Gasteiger partial charge is 0.258 e. The van der Waals surface area contributed by atoms with Crippen LogP contribution in [0.4, 0.5) is 10.1 Å². The molecule has 4 nitrogen and oxygen atoms in total. The summed E-state index contributed by atoms with van der Waals surface area (Å²) in [5.41, 5.74) is 8.63. The summed E-state index contributed by atoms with van der Waals surface area (Å²) in [5, 5.41) is 3.95. The van der Waals surface area contributed by atoms with Crippen LogP contribution in [0.15, 0.2) is 45.4 Å². The third-order valence-corrected chi connectivity index (χ3v) is 3.79. The molecule has 1 heterocycles. The fraction of sp³-hybridized carbons (Fsp3) is 0.0667. The molecule has 2 N–H and O–H groups in total. The minimum Gasteiger partial charge on any atom is -0.398 e. The van der Waals surface area contributed by atoms with Gasteiger partial charge in [0.05, 0.1) is 0 Å². The minimum absolute atomic E-state index is 0.289. The second kappa shape index (κ2) is 5.29. The Hall–Kier alpha value is -2.21. The van der Waals surface area contributed by atoms with Crippen LogP contribution in [-0.2, 0) is 0 Å². The van der Waals surface area contributed by atoms with Gasteiger partial charge in [-0.15, -0.1) is 0 Å². The Labute approximate surface area is 128 Å². The van der Waals surface area contributed by atoms with Crippen LogP contribution in [0, 0.1) is 12.7 Å². The first-order valence-corrected chi connectivity index (χ1v) is 6.99. The monoisotopic (exact) mass is 347 g/mol. The number of benzene rings is 2. The van der Waals surface area contributed by atoms with Gasteiger partial charge in [-0.1, -0.05) is 5.16 Å². The van der Waals surface area contributed by atoms with Crippen molar-refractivity contribution < 1.29 is 8.91 Å². The molecular formula is C15H11BrFN3O. The van der Waals surface area contributed by atoms with E-state index in [9.17, 15) is 4.39 Å². The zero-order valence-electron chi connectivity index (χ0n) is 11.1. The van der Waals surface area contributed by atoms with Crippen LogP contribution in [0.25, 0.3) is 22.8 Å². The summed E-state index contributed by atoms with van der Waals surface area (Å²) in [6.45, 7) is 1.80. The average molecular weight is 348 g/mol. The summed E-state index contributed by atoms with van der Waals surface area (Å²) in [4.78, 5) is 4.35. The molecule has 0 amide bonds. The lowest BCUT2D eigenvalue weighted by Gasteiger charge is -2.00. The van der Waals surface area contributed by atoms with E-state index in [1.807, 2.05) is 6.07 Å². The standard InChI is InChI=1S/C15H11BrFN3O/c1-8-6-10(17)3-4-11(8)14-19-15(21-20-14)9-2-5-13(18)12(16)7-9/h2-7H,18H2,1H3. The van der Waals surface area contributed by atoms with E-state index >= 15 is 0 Å². The van der Waals surface area contributed by atoms with Gasteiger partial charge in [-0.05, 0) is 64.8 Å². The number of aryl methyl sites for hydroxylation is 1. The van der Waals surface area contributed by atoms with Crippen molar-refractivity contribution in [3.8, 4) is 22.8 Å². The molecule has 1 aromatic heterocycles. The van der Waals surface area contributed by atoms with Crippen molar-refractivity contribution >= 4 is 21.6 Å². The Morgan fingerprint density at radius 1 is 1.19 bits per heavy atom. The molecule has 0 unspecified atom stereocenters. The molecule has 0 aliphatic rings. The maximum absolute atomic E-state index is 13.1. The fourth-order valence-corrected chi connectivity index (χ4v) is 2.37. The second-order valence-electron chi connectivity index (χ2n) is 4.62. The topological polar surface area (TPSA) is 64.9 Å². The zero-order valence-corrected chi connectivity index (χ0v) is 12.7. The molecule has 0 atom stereocenters. The van der Waals surface area contributed by atoms with E-state index in [1.54, 1.807) is 25.1 Å². The van der Waals surface area contributed by atoms with Crippen LogP contribution < -0.4 is 5.73 Å². The van der Waals surface area contributed by atoms with Crippen LogP contribution in [0.3, 0.4) is 0 Å². The third-order valence-electron chi connectivity index (χ3n) is 3.10. The van der Waals surface area contributed by atoms with E-state index in [-0.39, 0.29) is 5.82 Å². The molecule has 0 bridgehead atoms. The molecule has 3 rings (SSSR count). The van der Waals surface area contributed by atoms with E-state index in [0.29, 0.717) is 17.4 Å². The van der Waals surface area contributed by atoms with Crippen molar-refractivity contribution in [1.82, 2.24) is 10.1 Å². The molecule has 0 aliphatic heterocycles. The Balaban J connectivity index is 2.01. The number of hydrogen-bond acceptors (Lipinski definition) is 4. The van der Waals surface area contributed by atoms with Crippen LogP contribution in [-0.4, -0.2) is 10.1 Å². The number of nitrogen functional groups attached to an aromatic ring is 1. The number of aromatic nitrogens is 2. The number of nitrogens with zero attached hydrogens (tertiary/aromatic N) is 2. The highest BCUT2D eigenvalue weighted by Crippen LogP contribution is 2.28. The molecule has 106 valence electrons. The Morgan fingerprint density at radius 2 is 2.00 bits per heavy atom. The van der Waals surface area contributed by atoms with Crippen LogP contribution >= 0.6 is 15.9 Å². The van der Waals surface area contributed by atoms with Crippen LogP contribution in [0.5, 0.6) is 0 Å². The van der Waals surface area contributed by atoms with Crippen molar-refractivity contribution in [3.05, 3.63) is 52.3 Å². The quantitative estimate of drug-likeness (QED) is 0.705. The molecule has 0 saturated carbocycles. The molecule has 0 spiro atoms. The maximum Gasteiger partial charge on any atom is 0.258 e. The van der Waals surface area contributed by atoms with Crippen molar-refractivity contribution in [2.75, 3.05) is 5.73 Å². The minimum atomic E-state index is -0.289. The first-order chi connectivity index (χ1) is 10.0. The Morgan fingerprint density at radius 3 is 2.71 bits per heavy atom. The number of halogens is 2. The van der Waals surface area contributed by atoms with Gasteiger partial charge in [0.1, 0.15) is 5.82 Å². The van der Waals surface area contributed by atoms with Gasteiger partial charge in [0, 0.05) is 21.3 Å². The van der Waals surface area contributed by atoms with Gasteiger partial charge >= 0.3 is 0 Å². The summed E-state index contributed by atoms with van der Waals surface area (Å²) < 4.78 is 19.2. The highest BCUT2D eigenvalue weighted by atomic mass is 79.9. The molecule has 0 fully saturated rings. The maximum atomic E-state index is 13.1. The van der Waals surface area contributed by atoms with Crippen LogP contribution in [0.2, 0.25) is 0 Å². The molecule has 6 heteroatoms. The van der Waals surface area contributed by atoms with E-state index < -0.39 is 0 Å². The zero-order chi connectivity index (χ0) is 15.0. The summed E-state index contributed by atoms with van der Waals surface area (Å²) in [5.74, 6) is 0.521. The molecule has 21 heavy (non-hydrogen) atoms. The third kappa shape index (κ3) is 2.67. The lowest BCUT2D eigenvalue weighted by molar-refractivity contribution is 0.432. The van der Waals surface area contributed by atoms with Gasteiger partial charge in [0.25, 0.3) is 5.89 Å². The average Bonchev–Trinajstić information content (AvgIpc) is 2.91. The van der Waals surface area contributed by atoms with Crippen molar-refractivity contribution in [2.24, 2.45) is 0 Å². The van der Waals surface area contributed by atoms with Gasteiger partial charge in [-0.2, -0.15) is 4.98 Å². The molecule has 0 radical (unpaired) electrons. The van der Waals surface area contributed by atoms with E-state index in [0.717, 1.165) is 21.2 Å². The van der Waals surface area contributed by atoms with Gasteiger partial charge in [-0.3, -0.25) is 0 Å². The molecular weight excluding hydrogens is 337 g/mol. The Bertz CT molecular complexity index is 816. The number of hydrogen-bond donors (Lipinski definition) is 1. The number of anilines is 1. The number of nitrogens with two attached hydrogens (primary N) is 1. The van der Waals surface area contributed by atoms with Crippen molar-refractivity contribution in [1.29, 1.82) is 0 Å². The highest BCUT2D eigenvalue weighted by Gasteiger charge is 2.13.